The van der Waals surface area contributed by atoms with E-state index in [1.165, 1.54) is 0 Å². The summed E-state index contributed by atoms with van der Waals surface area (Å²) in [7, 11) is -1.17. The van der Waals surface area contributed by atoms with Crippen molar-refractivity contribution >= 4 is 21.6 Å². The van der Waals surface area contributed by atoms with Crippen molar-refractivity contribution in [3.8, 4) is 0 Å². The van der Waals surface area contributed by atoms with Crippen LogP contribution in [0.4, 0.5) is 0 Å². The van der Waals surface area contributed by atoms with Crippen LogP contribution in [0.3, 0.4) is 0 Å². The zero-order valence-electron chi connectivity index (χ0n) is 7.66. The van der Waals surface area contributed by atoms with Gasteiger partial charge in [0.2, 0.25) is 10.0 Å². The van der Waals surface area contributed by atoms with E-state index >= 15 is 0 Å². The van der Waals surface area contributed by atoms with E-state index < -0.39 is 10.0 Å². The molecule has 0 aromatic carbocycles. The molecule has 1 N–H and O–H groups in total. The first kappa shape index (κ1) is 11.2. The van der Waals surface area contributed by atoms with Crippen LogP contribution in [0.5, 0.6) is 0 Å². The molecular weight excluding hydrogens is 212 g/mol. The molecule has 0 radical (unpaired) electrons. The van der Waals surface area contributed by atoms with Gasteiger partial charge in [-0.25, -0.2) is 13.1 Å². The number of rotatable bonds is 4. The van der Waals surface area contributed by atoms with E-state index in [2.05, 4.69) is 9.62 Å². The molecule has 0 aromatic heterocycles. The molecule has 1 fully saturated rings. The highest BCUT2D eigenvalue weighted by Gasteiger charge is 2.23. The Morgan fingerprint density at radius 3 is 2.77 bits per heavy atom. The van der Waals surface area contributed by atoms with Crippen molar-refractivity contribution in [1.82, 2.24) is 9.62 Å². The van der Waals surface area contributed by atoms with Crippen LogP contribution in [0.25, 0.3) is 0 Å². The molecular formula is C7H15ClN2O2S. The van der Waals surface area contributed by atoms with Gasteiger partial charge in [-0.15, -0.1) is 11.6 Å². The molecule has 1 unspecified atom stereocenters. The molecule has 0 aromatic rings. The van der Waals surface area contributed by atoms with Gasteiger partial charge >= 0.3 is 0 Å². The predicted molar refractivity (Wildman–Crippen MR) is 53.5 cm³/mol. The van der Waals surface area contributed by atoms with E-state index in [-0.39, 0.29) is 17.7 Å². The molecule has 1 heterocycles. The summed E-state index contributed by atoms with van der Waals surface area (Å²) >= 11 is 5.37. The molecule has 0 amide bonds. The first-order valence-electron chi connectivity index (χ1n) is 4.28. The van der Waals surface area contributed by atoms with Gasteiger partial charge in [-0.1, -0.05) is 0 Å². The summed E-state index contributed by atoms with van der Waals surface area (Å²) < 4.78 is 25.2. The molecule has 0 saturated carbocycles. The molecule has 6 heteroatoms. The maximum atomic E-state index is 11.3. The van der Waals surface area contributed by atoms with Crippen LogP contribution in [0, 0.1) is 0 Å². The minimum atomic E-state index is -3.15. The van der Waals surface area contributed by atoms with Crippen LogP contribution in [0.2, 0.25) is 0 Å². The summed E-state index contributed by atoms with van der Waals surface area (Å²) in [6, 6.07) is 0.0678. The Labute approximate surface area is 84.3 Å². The van der Waals surface area contributed by atoms with Gasteiger partial charge in [0.1, 0.15) is 0 Å². The molecule has 1 saturated heterocycles. The molecule has 13 heavy (non-hydrogen) atoms. The van der Waals surface area contributed by atoms with Gasteiger partial charge in [0, 0.05) is 18.5 Å². The van der Waals surface area contributed by atoms with Gasteiger partial charge in [0.05, 0.1) is 5.75 Å². The van der Waals surface area contributed by atoms with Crippen LogP contribution >= 0.6 is 11.6 Å². The third kappa shape index (κ3) is 3.81. The zero-order chi connectivity index (χ0) is 9.90. The first-order chi connectivity index (χ1) is 6.03. The van der Waals surface area contributed by atoms with Crippen molar-refractivity contribution in [2.45, 2.75) is 12.5 Å². The molecule has 1 rings (SSSR count). The molecule has 4 nitrogen and oxygen atoms in total. The summed E-state index contributed by atoms with van der Waals surface area (Å²) in [6.45, 7) is 1.75. The second kappa shape index (κ2) is 4.59. The summed E-state index contributed by atoms with van der Waals surface area (Å²) in [5.74, 6) is 0.159. The Balaban J connectivity index is 2.40. The lowest BCUT2D eigenvalue weighted by Crippen LogP contribution is -2.38. The van der Waals surface area contributed by atoms with E-state index in [1.807, 2.05) is 7.05 Å². The van der Waals surface area contributed by atoms with Crippen LogP contribution in [-0.2, 0) is 10.0 Å². The molecule has 0 aliphatic carbocycles. The summed E-state index contributed by atoms with van der Waals surface area (Å²) in [5.41, 5.74) is 0. The average molecular weight is 227 g/mol. The number of alkyl halides is 1. The zero-order valence-corrected chi connectivity index (χ0v) is 9.24. The van der Waals surface area contributed by atoms with Crippen molar-refractivity contribution in [2.24, 2.45) is 0 Å². The third-order valence-electron chi connectivity index (χ3n) is 2.08. The van der Waals surface area contributed by atoms with E-state index in [0.29, 0.717) is 0 Å². The van der Waals surface area contributed by atoms with Crippen LogP contribution in [0.15, 0.2) is 0 Å². The minimum absolute atomic E-state index is 0.00870. The van der Waals surface area contributed by atoms with Gasteiger partial charge in [-0.05, 0) is 20.0 Å². The highest BCUT2D eigenvalue weighted by molar-refractivity contribution is 7.89. The van der Waals surface area contributed by atoms with Crippen molar-refractivity contribution in [3.05, 3.63) is 0 Å². The fraction of sp³-hybridized carbons (Fsp3) is 1.00. The number of likely N-dealkylation sites (tertiary alicyclic amines) is 1. The van der Waals surface area contributed by atoms with Gasteiger partial charge in [0.15, 0.2) is 0 Å². The van der Waals surface area contributed by atoms with E-state index in [1.54, 1.807) is 0 Å². The largest absolute Gasteiger partial charge is 0.305 e. The topological polar surface area (TPSA) is 49.4 Å². The SMILES string of the molecule is CN1CCC(NS(=O)(=O)CCCl)C1. The Morgan fingerprint density at radius 2 is 2.31 bits per heavy atom. The monoisotopic (exact) mass is 226 g/mol. The molecule has 0 bridgehead atoms. The third-order valence-corrected chi connectivity index (χ3v) is 3.93. The summed E-state index contributed by atoms with van der Waals surface area (Å²) in [4.78, 5) is 2.11. The fourth-order valence-corrected chi connectivity index (χ4v) is 3.08. The Hall–Kier alpha value is 0.160. The molecule has 78 valence electrons. The van der Waals surface area contributed by atoms with Gasteiger partial charge in [0.25, 0.3) is 0 Å². The average Bonchev–Trinajstić information content (AvgIpc) is 2.34. The van der Waals surface area contributed by atoms with Crippen LogP contribution in [-0.4, -0.2) is 51.1 Å². The minimum Gasteiger partial charge on any atom is -0.305 e. The Morgan fingerprint density at radius 1 is 1.62 bits per heavy atom. The highest BCUT2D eigenvalue weighted by Crippen LogP contribution is 2.07. The van der Waals surface area contributed by atoms with E-state index in [4.69, 9.17) is 11.6 Å². The fourth-order valence-electron chi connectivity index (χ4n) is 1.45. The number of nitrogens with one attached hydrogen (secondary N) is 1. The van der Waals surface area contributed by atoms with Crippen molar-refractivity contribution in [1.29, 1.82) is 0 Å². The molecule has 0 spiro atoms. The van der Waals surface area contributed by atoms with Gasteiger partial charge < -0.3 is 4.90 Å². The standard InChI is InChI=1S/C7H15ClN2O2S/c1-10-4-2-7(6-10)9-13(11,12)5-3-8/h7,9H,2-6H2,1H3. The maximum Gasteiger partial charge on any atom is 0.213 e. The van der Waals surface area contributed by atoms with Crippen molar-refractivity contribution < 1.29 is 8.42 Å². The van der Waals surface area contributed by atoms with Crippen LogP contribution in [0.1, 0.15) is 6.42 Å². The number of halogens is 1. The normalized spacial score (nSPS) is 25.2. The van der Waals surface area contributed by atoms with Crippen molar-refractivity contribution in [3.63, 3.8) is 0 Å². The number of nitrogens with zero attached hydrogens (tertiary/aromatic N) is 1. The van der Waals surface area contributed by atoms with E-state index in [9.17, 15) is 8.42 Å². The maximum absolute atomic E-state index is 11.3. The van der Waals surface area contributed by atoms with Gasteiger partial charge in [-0.3, -0.25) is 0 Å². The lowest BCUT2D eigenvalue weighted by Gasteiger charge is -2.12. The lowest BCUT2D eigenvalue weighted by molar-refractivity contribution is 0.407. The highest BCUT2D eigenvalue weighted by atomic mass is 35.5. The number of hydrogen-bond acceptors (Lipinski definition) is 3. The molecule has 1 atom stereocenters. The quantitative estimate of drug-likeness (QED) is 0.679. The first-order valence-corrected chi connectivity index (χ1v) is 6.47. The van der Waals surface area contributed by atoms with Crippen LogP contribution < -0.4 is 4.72 Å². The summed E-state index contributed by atoms with van der Waals surface area (Å²) in [5, 5.41) is 0. The summed E-state index contributed by atoms with van der Waals surface area (Å²) in [6.07, 6.45) is 0.887. The second-order valence-corrected chi connectivity index (χ2v) is 5.62. The lowest BCUT2D eigenvalue weighted by atomic mass is 10.3. The molecule has 1 aliphatic rings. The smallest absolute Gasteiger partial charge is 0.213 e. The van der Waals surface area contributed by atoms with Crippen molar-refractivity contribution in [2.75, 3.05) is 31.8 Å². The number of sulfonamides is 1. The number of likely N-dealkylation sites (N-methyl/N-ethyl adjacent to an activating group) is 1. The Bertz CT molecular complexity index is 255. The van der Waals surface area contributed by atoms with E-state index in [0.717, 1.165) is 19.5 Å². The van der Waals surface area contributed by atoms with Gasteiger partial charge in [-0.2, -0.15) is 0 Å². The number of hydrogen-bond donors (Lipinski definition) is 1. The second-order valence-electron chi connectivity index (χ2n) is 3.37. The predicted octanol–water partition coefficient (Wildman–Crippen LogP) is -0.151. The molecule has 1 aliphatic heterocycles. The Kier molecular flexibility index (Phi) is 3.97.